The summed E-state index contributed by atoms with van der Waals surface area (Å²) in [5, 5.41) is 3.62. The Morgan fingerprint density at radius 2 is 1.93 bits per heavy atom. The molecule has 1 amide bonds. The Labute approximate surface area is 173 Å². The summed E-state index contributed by atoms with van der Waals surface area (Å²) in [7, 11) is 0. The Morgan fingerprint density at radius 1 is 1.14 bits per heavy atom. The molecule has 0 radical (unpaired) electrons. The monoisotopic (exact) mass is 405 g/mol. The molecule has 3 aromatic carbocycles. The van der Waals surface area contributed by atoms with Crippen LogP contribution in [0.1, 0.15) is 22.8 Å². The maximum absolute atomic E-state index is 12.6. The topological polar surface area (TPSA) is 67.0 Å². The first-order valence-corrected chi connectivity index (χ1v) is 9.72. The molecule has 2 N–H and O–H groups in total. The Balaban J connectivity index is 1.56. The molecule has 0 saturated carbocycles. The van der Waals surface area contributed by atoms with Gasteiger partial charge in [-0.15, -0.1) is 0 Å². The van der Waals surface area contributed by atoms with E-state index in [1.165, 1.54) is 0 Å². The van der Waals surface area contributed by atoms with Crippen molar-refractivity contribution in [1.82, 2.24) is 9.97 Å². The number of anilines is 1. The second kappa shape index (κ2) is 7.97. The number of imidazole rings is 1. The van der Waals surface area contributed by atoms with Gasteiger partial charge in [-0.3, -0.25) is 4.79 Å². The van der Waals surface area contributed by atoms with E-state index in [1.807, 2.05) is 50.2 Å². The predicted octanol–water partition coefficient (Wildman–Crippen LogP) is 5.84. The maximum atomic E-state index is 12.6. The van der Waals surface area contributed by atoms with Gasteiger partial charge in [0, 0.05) is 21.8 Å². The van der Waals surface area contributed by atoms with Crippen molar-refractivity contribution in [3.05, 3.63) is 76.8 Å². The molecule has 6 heteroatoms. The minimum absolute atomic E-state index is 0.183. The molecule has 1 aromatic heterocycles. The number of amides is 1. The lowest BCUT2D eigenvalue weighted by Gasteiger charge is -2.08. The fourth-order valence-corrected chi connectivity index (χ4v) is 3.25. The molecule has 5 nitrogen and oxygen atoms in total. The third-order valence-corrected chi connectivity index (χ3v) is 4.99. The average Bonchev–Trinajstić information content (AvgIpc) is 3.12. The number of nitrogens with zero attached hydrogens (tertiary/aromatic N) is 1. The Hall–Kier alpha value is -3.31. The van der Waals surface area contributed by atoms with E-state index >= 15 is 0 Å². The lowest BCUT2D eigenvalue weighted by atomic mass is 10.1. The van der Waals surface area contributed by atoms with Gasteiger partial charge < -0.3 is 15.0 Å². The highest BCUT2D eigenvalue weighted by Crippen LogP contribution is 2.27. The van der Waals surface area contributed by atoms with Crippen molar-refractivity contribution >= 4 is 34.2 Å². The Kier molecular flexibility index (Phi) is 5.23. The third kappa shape index (κ3) is 4.10. The van der Waals surface area contributed by atoms with Gasteiger partial charge in [-0.1, -0.05) is 23.7 Å². The van der Waals surface area contributed by atoms with Crippen LogP contribution in [-0.4, -0.2) is 22.5 Å². The number of hydrogen-bond acceptors (Lipinski definition) is 3. The van der Waals surface area contributed by atoms with Crippen LogP contribution in [0.4, 0.5) is 5.69 Å². The Bertz CT molecular complexity index is 1140. The van der Waals surface area contributed by atoms with Crippen molar-refractivity contribution in [2.24, 2.45) is 0 Å². The quantitative estimate of drug-likeness (QED) is 0.438. The number of aromatic amines is 1. The number of nitrogens with one attached hydrogen (secondary N) is 2. The summed E-state index contributed by atoms with van der Waals surface area (Å²) < 4.78 is 5.41. The van der Waals surface area contributed by atoms with Crippen LogP contribution in [0.15, 0.2) is 60.7 Å². The van der Waals surface area contributed by atoms with Gasteiger partial charge >= 0.3 is 0 Å². The fraction of sp³-hybridized carbons (Fsp3) is 0.130. The first-order chi connectivity index (χ1) is 14.0. The highest BCUT2D eigenvalue weighted by atomic mass is 35.5. The van der Waals surface area contributed by atoms with E-state index in [1.54, 1.807) is 24.3 Å². The van der Waals surface area contributed by atoms with Gasteiger partial charge in [-0.05, 0) is 67.9 Å². The second-order valence-electron chi connectivity index (χ2n) is 6.70. The van der Waals surface area contributed by atoms with Crippen molar-refractivity contribution < 1.29 is 9.53 Å². The number of H-pyrrole nitrogens is 1. The summed E-state index contributed by atoms with van der Waals surface area (Å²) in [6.45, 7) is 4.47. The number of halogens is 1. The second-order valence-corrected chi connectivity index (χ2v) is 7.10. The number of carbonyl (C=O) groups excluding carboxylic acids is 1. The zero-order valence-electron chi connectivity index (χ0n) is 16.1. The van der Waals surface area contributed by atoms with E-state index in [0.29, 0.717) is 22.9 Å². The highest BCUT2D eigenvalue weighted by Gasteiger charge is 2.10. The molecule has 146 valence electrons. The van der Waals surface area contributed by atoms with Crippen LogP contribution in [0.5, 0.6) is 5.75 Å². The van der Waals surface area contributed by atoms with Gasteiger partial charge in [0.25, 0.3) is 5.91 Å². The van der Waals surface area contributed by atoms with E-state index in [4.69, 9.17) is 16.3 Å². The summed E-state index contributed by atoms with van der Waals surface area (Å²) in [5.74, 6) is 1.28. The maximum Gasteiger partial charge on any atom is 0.255 e. The number of hydrogen-bond donors (Lipinski definition) is 2. The summed E-state index contributed by atoms with van der Waals surface area (Å²) in [6, 6.07) is 18.5. The highest BCUT2D eigenvalue weighted by molar-refractivity contribution is 6.32. The van der Waals surface area contributed by atoms with E-state index in [-0.39, 0.29) is 5.91 Å². The number of fused-ring (bicyclic) bond motifs is 1. The standard InChI is InChI=1S/C23H20ClN3O2/c1-3-29-18-9-7-15(8-10-18)23(28)25-17-6-4-5-16(12-17)22-26-20-11-14(2)19(24)13-21(20)27-22/h4-13H,3H2,1-2H3,(H,25,28)(H,26,27). The minimum atomic E-state index is -0.183. The van der Waals surface area contributed by atoms with Gasteiger partial charge in [0.2, 0.25) is 0 Å². The Morgan fingerprint density at radius 3 is 2.69 bits per heavy atom. The number of aromatic nitrogens is 2. The van der Waals surface area contributed by atoms with Crippen molar-refractivity contribution in [3.63, 3.8) is 0 Å². The molecule has 0 unspecified atom stereocenters. The van der Waals surface area contributed by atoms with E-state index in [9.17, 15) is 4.79 Å². The van der Waals surface area contributed by atoms with Crippen LogP contribution >= 0.6 is 11.6 Å². The van der Waals surface area contributed by atoms with Gasteiger partial charge in [-0.2, -0.15) is 0 Å². The lowest BCUT2D eigenvalue weighted by molar-refractivity contribution is 0.102. The van der Waals surface area contributed by atoms with Crippen molar-refractivity contribution in [3.8, 4) is 17.1 Å². The van der Waals surface area contributed by atoms with Crippen LogP contribution in [0.3, 0.4) is 0 Å². The third-order valence-electron chi connectivity index (χ3n) is 4.58. The first kappa shape index (κ1) is 19.0. The van der Waals surface area contributed by atoms with Crippen molar-refractivity contribution in [1.29, 1.82) is 0 Å². The van der Waals surface area contributed by atoms with E-state index < -0.39 is 0 Å². The number of benzene rings is 3. The molecule has 0 atom stereocenters. The van der Waals surface area contributed by atoms with Crippen LogP contribution in [0, 0.1) is 6.92 Å². The van der Waals surface area contributed by atoms with Gasteiger partial charge in [-0.25, -0.2) is 4.98 Å². The largest absolute Gasteiger partial charge is 0.494 e. The molecule has 4 aromatic rings. The molecule has 0 saturated heterocycles. The molecule has 0 bridgehead atoms. The molecule has 0 spiro atoms. The molecule has 0 aliphatic heterocycles. The molecule has 29 heavy (non-hydrogen) atoms. The average molecular weight is 406 g/mol. The zero-order chi connectivity index (χ0) is 20.4. The van der Waals surface area contributed by atoms with Crippen molar-refractivity contribution in [2.75, 3.05) is 11.9 Å². The van der Waals surface area contributed by atoms with E-state index in [2.05, 4.69) is 15.3 Å². The smallest absolute Gasteiger partial charge is 0.255 e. The molecular weight excluding hydrogens is 386 g/mol. The SMILES string of the molecule is CCOc1ccc(C(=O)Nc2cccc(-c3nc4cc(Cl)c(C)cc4[nH]3)c2)cc1. The van der Waals surface area contributed by atoms with Gasteiger partial charge in [0.15, 0.2) is 0 Å². The summed E-state index contributed by atoms with van der Waals surface area (Å²) in [4.78, 5) is 20.5. The number of aryl methyl sites for hydroxylation is 1. The molecule has 4 rings (SSSR count). The molecule has 0 aliphatic rings. The normalized spacial score (nSPS) is 10.9. The number of ether oxygens (including phenoxy) is 1. The van der Waals surface area contributed by atoms with Gasteiger partial charge in [0.1, 0.15) is 11.6 Å². The minimum Gasteiger partial charge on any atom is -0.494 e. The molecule has 0 fully saturated rings. The van der Waals surface area contributed by atoms with E-state index in [0.717, 1.165) is 33.7 Å². The first-order valence-electron chi connectivity index (χ1n) is 9.34. The zero-order valence-corrected chi connectivity index (χ0v) is 16.9. The molecule has 1 heterocycles. The predicted molar refractivity (Wildman–Crippen MR) is 117 cm³/mol. The van der Waals surface area contributed by atoms with Crippen LogP contribution in [0.25, 0.3) is 22.4 Å². The summed E-state index contributed by atoms with van der Waals surface area (Å²) in [5.41, 5.74) is 4.85. The van der Waals surface area contributed by atoms with Crippen LogP contribution in [-0.2, 0) is 0 Å². The molecular formula is C23H20ClN3O2. The number of rotatable bonds is 5. The van der Waals surface area contributed by atoms with Crippen molar-refractivity contribution in [2.45, 2.75) is 13.8 Å². The van der Waals surface area contributed by atoms with Gasteiger partial charge in [0.05, 0.1) is 17.6 Å². The van der Waals surface area contributed by atoms with Crippen LogP contribution < -0.4 is 10.1 Å². The fourth-order valence-electron chi connectivity index (χ4n) is 3.09. The number of carbonyl (C=O) groups is 1. The van der Waals surface area contributed by atoms with Crippen LogP contribution in [0.2, 0.25) is 5.02 Å². The summed E-state index contributed by atoms with van der Waals surface area (Å²) >= 11 is 6.20. The lowest BCUT2D eigenvalue weighted by Crippen LogP contribution is -2.11. The molecule has 0 aliphatic carbocycles. The summed E-state index contributed by atoms with van der Waals surface area (Å²) in [6.07, 6.45) is 0.